The number of halogens is 1. The SMILES string of the molecule is Cc1nc(CCc2c(-c3ccc(F)cn3)noc2C)sc1C(=O)N1CCSCC1. The molecule has 152 valence electrons. The van der Waals surface area contributed by atoms with Crippen LogP contribution >= 0.6 is 23.1 Å². The molecule has 9 heteroatoms. The summed E-state index contributed by atoms with van der Waals surface area (Å²) in [6, 6.07) is 2.95. The van der Waals surface area contributed by atoms with E-state index in [1.807, 2.05) is 30.5 Å². The van der Waals surface area contributed by atoms with E-state index < -0.39 is 5.82 Å². The summed E-state index contributed by atoms with van der Waals surface area (Å²) in [7, 11) is 0. The molecule has 1 saturated heterocycles. The number of aryl methyl sites for hydroxylation is 3. The number of amides is 1. The molecule has 3 aromatic heterocycles. The van der Waals surface area contributed by atoms with Gasteiger partial charge in [-0.2, -0.15) is 11.8 Å². The van der Waals surface area contributed by atoms with Crippen molar-refractivity contribution in [2.24, 2.45) is 0 Å². The van der Waals surface area contributed by atoms with Crippen LogP contribution in [0.3, 0.4) is 0 Å². The van der Waals surface area contributed by atoms with Crippen molar-refractivity contribution in [1.29, 1.82) is 0 Å². The van der Waals surface area contributed by atoms with E-state index in [0.29, 0.717) is 30.0 Å². The predicted molar refractivity (Wildman–Crippen MR) is 112 cm³/mol. The largest absolute Gasteiger partial charge is 0.361 e. The van der Waals surface area contributed by atoms with Gasteiger partial charge in [-0.25, -0.2) is 9.37 Å². The number of thiazole rings is 1. The highest BCUT2D eigenvalue weighted by Crippen LogP contribution is 2.27. The van der Waals surface area contributed by atoms with Gasteiger partial charge in [0, 0.05) is 36.6 Å². The van der Waals surface area contributed by atoms with Gasteiger partial charge < -0.3 is 9.42 Å². The van der Waals surface area contributed by atoms with Gasteiger partial charge >= 0.3 is 0 Å². The lowest BCUT2D eigenvalue weighted by Gasteiger charge is -2.25. The fourth-order valence-corrected chi connectivity index (χ4v) is 5.24. The lowest BCUT2D eigenvalue weighted by atomic mass is 10.1. The first kappa shape index (κ1) is 20.0. The van der Waals surface area contributed by atoms with Crippen molar-refractivity contribution in [2.45, 2.75) is 26.7 Å². The predicted octanol–water partition coefficient (Wildman–Crippen LogP) is 3.92. The molecule has 4 heterocycles. The molecule has 0 atom stereocenters. The summed E-state index contributed by atoms with van der Waals surface area (Å²) in [5, 5.41) is 5.01. The maximum absolute atomic E-state index is 13.2. The Bertz CT molecular complexity index is 1010. The van der Waals surface area contributed by atoms with E-state index in [4.69, 9.17) is 4.52 Å². The smallest absolute Gasteiger partial charge is 0.265 e. The van der Waals surface area contributed by atoms with Crippen molar-refractivity contribution in [3.05, 3.63) is 51.0 Å². The zero-order valence-corrected chi connectivity index (χ0v) is 17.9. The number of aromatic nitrogens is 3. The minimum atomic E-state index is -0.390. The molecule has 1 fully saturated rings. The number of nitrogens with zero attached hydrogens (tertiary/aromatic N) is 4. The van der Waals surface area contributed by atoms with Crippen LogP contribution < -0.4 is 0 Å². The molecule has 0 spiro atoms. The van der Waals surface area contributed by atoms with E-state index in [-0.39, 0.29) is 5.91 Å². The number of thioether (sulfide) groups is 1. The second-order valence-electron chi connectivity index (χ2n) is 6.85. The Morgan fingerprint density at radius 1 is 1.24 bits per heavy atom. The highest BCUT2D eigenvalue weighted by Gasteiger charge is 2.23. The van der Waals surface area contributed by atoms with Crippen LogP contribution in [-0.4, -0.2) is 50.5 Å². The first-order valence-corrected chi connectivity index (χ1v) is 11.4. The summed E-state index contributed by atoms with van der Waals surface area (Å²) < 4.78 is 18.5. The number of hydrogen-bond acceptors (Lipinski definition) is 7. The Kier molecular flexibility index (Phi) is 5.96. The van der Waals surface area contributed by atoms with Gasteiger partial charge in [0.1, 0.15) is 22.1 Å². The Morgan fingerprint density at radius 3 is 2.76 bits per heavy atom. The molecule has 6 nitrogen and oxygen atoms in total. The molecule has 1 amide bonds. The number of pyridine rings is 1. The first-order valence-electron chi connectivity index (χ1n) is 9.43. The quantitative estimate of drug-likeness (QED) is 0.608. The standard InChI is InChI=1S/C20H21FN4O2S2/c1-12-19(20(26)25-7-9-28-10-8-25)29-17(23-12)6-4-15-13(2)27-24-18(15)16-5-3-14(21)11-22-16/h3,5,11H,4,6-10H2,1-2H3. The molecule has 0 aromatic carbocycles. The molecule has 0 saturated carbocycles. The highest BCUT2D eigenvalue weighted by atomic mass is 32.2. The number of carbonyl (C=O) groups excluding carboxylic acids is 1. The van der Waals surface area contributed by atoms with E-state index in [2.05, 4.69) is 15.1 Å². The summed E-state index contributed by atoms with van der Waals surface area (Å²) in [5.74, 6) is 2.39. The first-order chi connectivity index (χ1) is 14.0. The van der Waals surface area contributed by atoms with Crippen LogP contribution in [0.5, 0.6) is 0 Å². The van der Waals surface area contributed by atoms with Crippen molar-refractivity contribution in [1.82, 2.24) is 20.0 Å². The molecule has 1 aliphatic heterocycles. The molecule has 1 aliphatic rings. The molecule has 0 aliphatic carbocycles. The summed E-state index contributed by atoms with van der Waals surface area (Å²) in [4.78, 5) is 24.2. The highest BCUT2D eigenvalue weighted by molar-refractivity contribution is 7.99. The van der Waals surface area contributed by atoms with Gasteiger partial charge in [-0.1, -0.05) is 5.16 Å². The average Bonchev–Trinajstić information content (AvgIpc) is 3.29. The second-order valence-corrected chi connectivity index (χ2v) is 9.16. The van der Waals surface area contributed by atoms with Gasteiger partial charge in [0.05, 0.1) is 22.6 Å². The van der Waals surface area contributed by atoms with Crippen molar-refractivity contribution in [2.75, 3.05) is 24.6 Å². The fourth-order valence-electron chi connectivity index (χ4n) is 3.30. The lowest BCUT2D eigenvalue weighted by Crippen LogP contribution is -2.37. The number of rotatable bonds is 5. The molecular weight excluding hydrogens is 411 g/mol. The topological polar surface area (TPSA) is 72.1 Å². The molecule has 29 heavy (non-hydrogen) atoms. The van der Waals surface area contributed by atoms with E-state index in [0.717, 1.165) is 45.7 Å². The molecule has 0 radical (unpaired) electrons. The zero-order valence-electron chi connectivity index (χ0n) is 16.3. The van der Waals surface area contributed by atoms with Gasteiger partial charge in [0.2, 0.25) is 0 Å². The summed E-state index contributed by atoms with van der Waals surface area (Å²) in [5.41, 5.74) is 2.92. The Balaban J connectivity index is 1.49. The molecule has 4 rings (SSSR count). The van der Waals surface area contributed by atoms with Crippen LogP contribution in [0, 0.1) is 19.7 Å². The molecular formula is C20H21FN4O2S2. The normalized spacial score (nSPS) is 14.4. The molecule has 0 unspecified atom stereocenters. The Hall–Kier alpha value is -2.26. The summed E-state index contributed by atoms with van der Waals surface area (Å²) in [6.07, 6.45) is 2.50. The summed E-state index contributed by atoms with van der Waals surface area (Å²) in [6.45, 7) is 5.34. The zero-order chi connectivity index (χ0) is 20.4. The van der Waals surface area contributed by atoms with Crippen molar-refractivity contribution in [3.8, 4) is 11.4 Å². The average molecular weight is 433 g/mol. The van der Waals surface area contributed by atoms with E-state index in [9.17, 15) is 9.18 Å². The third kappa shape index (κ3) is 4.35. The maximum atomic E-state index is 13.2. The Morgan fingerprint density at radius 2 is 2.03 bits per heavy atom. The van der Waals surface area contributed by atoms with Gasteiger partial charge in [-0.3, -0.25) is 9.78 Å². The van der Waals surface area contributed by atoms with Gasteiger partial charge in [0.25, 0.3) is 5.91 Å². The van der Waals surface area contributed by atoms with Crippen LogP contribution in [-0.2, 0) is 12.8 Å². The number of hydrogen-bond donors (Lipinski definition) is 0. The molecule has 0 N–H and O–H groups in total. The second kappa shape index (κ2) is 8.62. The fraction of sp³-hybridized carbons (Fsp3) is 0.400. The molecule has 0 bridgehead atoms. The van der Waals surface area contributed by atoms with Crippen molar-refractivity contribution >= 4 is 29.0 Å². The lowest BCUT2D eigenvalue weighted by molar-refractivity contribution is 0.0776. The van der Waals surface area contributed by atoms with Gasteiger partial charge in [-0.15, -0.1) is 11.3 Å². The van der Waals surface area contributed by atoms with E-state index in [1.54, 1.807) is 6.07 Å². The monoisotopic (exact) mass is 432 g/mol. The maximum Gasteiger partial charge on any atom is 0.265 e. The van der Waals surface area contributed by atoms with Gasteiger partial charge in [0.15, 0.2) is 0 Å². The van der Waals surface area contributed by atoms with Crippen LogP contribution in [0.25, 0.3) is 11.4 Å². The minimum Gasteiger partial charge on any atom is -0.361 e. The van der Waals surface area contributed by atoms with Crippen LogP contribution in [0.2, 0.25) is 0 Å². The minimum absolute atomic E-state index is 0.0870. The van der Waals surface area contributed by atoms with E-state index >= 15 is 0 Å². The van der Waals surface area contributed by atoms with Crippen LogP contribution in [0.1, 0.15) is 31.7 Å². The Labute approximate surface area is 176 Å². The third-order valence-corrected chi connectivity index (χ3v) is 7.02. The van der Waals surface area contributed by atoms with E-state index in [1.165, 1.54) is 23.6 Å². The third-order valence-electron chi connectivity index (χ3n) is 4.88. The van der Waals surface area contributed by atoms with Crippen molar-refractivity contribution in [3.63, 3.8) is 0 Å². The number of carbonyl (C=O) groups is 1. The van der Waals surface area contributed by atoms with Gasteiger partial charge in [-0.05, 0) is 32.4 Å². The summed E-state index contributed by atoms with van der Waals surface area (Å²) >= 11 is 3.35. The van der Waals surface area contributed by atoms with Crippen molar-refractivity contribution < 1.29 is 13.7 Å². The van der Waals surface area contributed by atoms with Crippen LogP contribution in [0.4, 0.5) is 4.39 Å². The van der Waals surface area contributed by atoms with Crippen LogP contribution in [0.15, 0.2) is 22.9 Å². The molecule has 3 aromatic rings.